The summed E-state index contributed by atoms with van der Waals surface area (Å²) in [5.41, 5.74) is 1.62. The van der Waals surface area contributed by atoms with E-state index in [0.29, 0.717) is 5.56 Å². The van der Waals surface area contributed by atoms with Crippen molar-refractivity contribution in [3.8, 4) is 0 Å². The summed E-state index contributed by atoms with van der Waals surface area (Å²) in [6.45, 7) is 3.48. The first-order valence-corrected chi connectivity index (χ1v) is 7.01. The highest BCUT2D eigenvalue weighted by atomic mass is 16.1. The average molecular weight is 257 g/mol. The van der Waals surface area contributed by atoms with E-state index < -0.39 is 0 Å². The number of likely N-dealkylation sites (tertiary alicyclic amines) is 1. The van der Waals surface area contributed by atoms with E-state index in [1.54, 1.807) is 6.20 Å². The molecule has 4 nitrogen and oxygen atoms in total. The molecule has 1 saturated heterocycles. The summed E-state index contributed by atoms with van der Waals surface area (Å²) in [6.07, 6.45) is 9.62. The van der Waals surface area contributed by atoms with Gasteiger partial charge in [-0.2, -0.15) is 0 Å². The lowest BCUT2D eigenvalue weighted by atomic mass is 10.1. The van der Waals surface area contributed by atoms with Gasteiger partial charge in [-0.05, 0) is 38.1 Å². The maximum absolute atomic E-state index is 11.0. The molecule has 3 rings (SSSR count). The van der Waals surface area contributed by atoms with Crippen LogP contribution in [0.1, 0.15) is 35.4 Å². The Bertz CT molecular complexity index is 570. The number of pyridine rings is 1. The van der Waals surface area contributed by atoms with Gasteiger partial charge in [0.15, 0.2) is 6.29 Å². The number of carbonyl (C=O) groups is 1. The number of imidazole rings is 1. The molecule has 0 aliphatic carbocycles. The summed E-state index contributed by atoms with van der Waals surface area (Å²) >= 11 is 0. The van der Waals surface area contributed by atoms with E-state index >= 15 is 0 Å². The van der Waals surface area contributed by atoms with Crippen molar-refractivity contribution in [2.24, 2.45) is 0 Å². The summed E-state index contributed by atoms with van der Waals surface area (Å²) in [6, 6.07) is 3.74. The van der Waals surface area contributed by atoms with E-state index in [-0.39, 0.29) is 0 Å². The molecule has 0 saturated carbocycles. The van der Waals surface area contributed by atoms with Crippen LogP contribution in [0.25, 0.3) is 5.52 Å². The van der Waals surface area contributed by atoms with Crippen molar-refractivity contribution in [2.75, 3.05) is 19.6 Å². The molecule has 2 aromatic rings. The molecule has 0 amide bonds. The largest absolute Gasteiger partial charge is 0.303 e. The Morgan fingerprint density at radius 2 is 2.11 bits per heavy atom. The molecule has 1 fully saturated rings. The fourth-order valence-corrected chi connectivity index (χ4v) is 2.82. The molecule has 1 aliphatic heterocycles. The summed E-state index contributed by atoms with van der Waals surface area (Å²) in [5, 5.41) is 0. The Hall–Kier alpha value is -1.68. The molecule has 19 heavy (non-hydrogen) atoms. The van der Waals surface area contributed by atoms with Crippen LogP contribution in [0.4, 0.5) is 0 Å². The molecule has 0 aromatic carbocycles. The van der Waals surface area contributed by atoms with Crippen LogP contribution in [-0.2, 0) is 6.42 Å². The third kappa shape index (κ3) is 2.54. The number of nitrogens with zero attached hydrogens (tertiary/aromatic N) is 3. The monoisotopic (exact) mass is 257 g/mol. The molecule has 0 unspecified atom stereocenters. The third-order valence-corrected chi connectivity index (χ3v) is 3.91. The maximum atomic E-state index is 11.0. The SMILES string of the molecule is O=Cc1cccn2c(CCN3CCCCC3)ncc12. The molecule has 0 spiro atoms. The molecule has 3 heterocycles. The van der Waals surface area contributed by atoms with E-state index in [1.807, 2.05) is 22.7 Å². The van der Waals surface area contributed by atoms with Gasteiger partial charge in [0.05, 0.1) is 11.7 Å². The molecule has 2 aromatic heterocycles. The van der Waals surface area contributed by atoms with Crippen LogP contribution < -0.4 is 0 Å². The number of piperidine rings is 1. The molecular weight excluding hydrogens is 238 g/mol. The van der Waals surface area contributed by atoms with E-state index in [0.717, 1.165) is 30.6 Å². The first-order chi connectivity index (χ1) is 9.38. The van der Waals surface area contributed by atoms with Crippen LogP contribution in [0.15, 0.2) is 24.5 Å². The van der Waals surface area contributed by atoms with Crippen LogP contribution in [0, 0.1) is 0 Å². The van der Waals surface area contributed by atoms with Crippen molar-refractivity contribution in [2.45, 2.75) is 25.7 Å². The van der Waals surface area contributed by atoms with E-state index in [1.165, 1.54) is 32.4 Å². The molecule has 100 valence electrons. The molecule has 0 atom stereocenters. The Morgan fingerprint density at radius 1 is 1.26 bits per heavy atom. The van der Waals surface area contributed by atoms with Crippen LogP contribution in [0.2, 0.25) is 0 Å². The van der Waals surface area contributed by atoms with Crippen molar-refractivity contribution >= 4 is 11.8 Å². The Labute approximate surface area is 113 Å². The van der Waals surface area contributed by atoms with Crippen LogP contribution >= 0.6 is 0 Å². The lowest BCUT2D eigenvalue weighted by Gasteiger charge is -2.25. The smallest absolute Gasteiger partial charge is 0.152 e. The highest BCUT2D eigenvalue weighted by Crippen LogP contribution is 2.13. The zero-order chi connectivity index (χ0) is 13.1. The van der Waals surface area contributed by atoms with E-state index in [2.05, 4.69) is 9.88 Å². The number of hydrogen-bond acceptors (Lipinski definition) is 3. The Morgan fingerprint density at radius 3 is 2.89 bits per heavy atom. The highest BCUT2D eigenvalue weighted by molar-refractivity contribution is 5.85. The normalized spacial score (nSPS) is 16.8. The predicted molar refractivity (Wildman–Crippen MR) is 74.6 cm³/mol. The van der Waals surface area contributed by atoms with Crippen LogP contribution in [-0.4, -0.2) is 40.2 Å². The first kappa shape index (κ1) is 12.4. The summed E-state index contributed by atoms with van der Waals surface area (Å²) < 4.78 is 2.04. The number of aldehydes is 1. The molecule has 0 N–H and O–H groups in total. The lowest BCUT2D eigenvalue weighted by molar-refractivity contribution is 0.112. The van der Waals surface area contributed by atoms with Gasteiger partial charge >= 0.3 is 0 Å². The van der Waals surface area contributed by atoms with Gasteiger partial charge in [-0.25, -0.2) is 4.98 Å². The molecule has 0 radical (unpaired) electrons. The second kappa shape index (κ2) is 5.53. The fraction of sp³-hybridized carbons (Fsp3) is 0.467. The number of aromatic nitrogens is 2. The topological polar surface area (TPSA) is 37.6 Å². The average Bonchev–Trinajstić information content (AvgIpc) is 2.89. The Kier molecular flexibility index (Phi) is 3.60. The zero-order valence-electron chi connectivity index (χ0n) is 11.1. The quantitative estimate of drug-likeness (QED) is 0.788. The first-order valence-electron chi connectivity index (χ1n) is 7.01. The van der Waals surface area contributed by atoms with E-state index in [4.69, 9.17) is 0 Å². The fourth-order valence-electron chi connectivity index (χ4n) is 2.82. The minimum atomic E-state index is 0.708. The number of rotatable bonds is 4. The molecular formula is C15H19N3O. The number of fused-ring (bicyclic) bond motifs is 1. The maximum Gasteiger partial charge on any atom is 0.152 e. The second-order valence-electron chi connectivity index (χ2n) is 5.16. The van der Waals surface area contributed by atoms with Gasteiger partial charge in [-0.1, -0.05) is 6.42 Å². The number of hydrogen-bond donors (Lipinski definition) is 0. The summed E-state index contributed by atoms with van der Waals surface area (Å²) in [4.78, 5) is 18.0. The summed E-state index contributed by atoms with van der Waals surface area (Å²) in [7, 11) is 0. The van der Waals surface area contributed by atoms with E-state index in [9.17, 15) is 4.79 Å². The predicted octanol–water partition coefficient (Wildman–Crippen LogP) is 2.18. The second-order valence-corrected chi connectivity index (χ2v) is 5.16. The Balaban J connectivity index is 1.76. The molecule has 0 bridgehead atoms. The molecule has 4 heteroatoms. The zero-order valence-corrected chi connectivity index (χ0v) is 11.1. The third-order valence-electron chi connectivity index (χ3n) is 3.91. The van der Waals surface area contributed by atoms with Gasteiger partial charge in [0, 0.05) is 24.7 Å². The standard InChI is InChI=1S/C15H19N3O/c19-12-13-5-4-9-18-14(13)11-16-15(18)6-10-17-7-2-1-3-8-17/h4-5,9,11-12H,1-3,6-8,10H2. The number of carbonyl (C=O) groups excluding carboxylic acids is 1. The lowest BCUT2D eigenvalue weighted by Crippen LogP contribution is -2.31. The van der Waals surface area contributed by atoms with Crippen molar-refractivity contribution in [1.82, 2.24) is 14.3 Å². The van der Waals surface area contributed by atoms with Gasteiger partial charge in [0.2, 0.25) is 0 Å². The van der Waals surface area contributed by atoms with Crippen molar-refractivity contribution in [3.63, 3.8) is 0 Å². The minimum absolute atomic E-state index is 0.708. The van der Waals surface area contributed by atoms with Gasteiger partial charge in [0.25, 0.3) is 0 Å². The van der Waals surface area contributed by atoms with Crippen LogP contribution in [0.3, 0.4) is 0 Å². The van der Waals surface area contributed by atoms with Crippen molar-refractivity contribution in [3.05, 3.63) is 35.9 Å². The van der Waals surface area contributed by atoms with Gasteiger partial charge < -0.3 is 9.30 Å². The van der Waals surface area contributed by atoms with Crippen LogP contribution in [0.5, 0.6) is 0 Å². The minimum Gasteiger partial charge on any atom is -0.303 e. The molecule has 1 aliphatic rings. The van der Waals surface area contributed by atoms with Gasteiger partial charge in [-0.15, -0.1) is 0 Å². The van der Waals surface area contributed by atoms with Gasteiger partial charge in [0.1, 0.15) is 5.82 Å². The summed E-state index contributed by atoms with van der Waals surface area (Å²) in [5.74, 6) is 1.05. The highest BCUT2D eigenvalue weighted by Gasteiger charge is 2.12. The van der Waals surface area contributed by atoms with Gasteiger partial charge in [-0.3, -0.25) is 4.79 Å². The van der Waals surface area contributed by atoms with Crippen molar-refractivity contribution in [1.29, 1.82) is 0 Å². The van der Waals surface area contributed by atoms with Crippen molar-refractivity contribution < 1.29 is 4.79 Å².